The van der Waals surface area contributed by atoms with Crippen LogP contribution in [0.1, 0.15) is 18.5 Å². The van der Waals surface area contributed by atoms with Crippen LogP contribution in [-0.4, -0.2) is 4.98 Å². The molecule has 0 saturated heterocycles. The summed E-state index contributed by atoms with van der Waals surface area (Å²) in [7, 11) is 0. The molecule has 17 heavy (non-hydrogen) atoms. The summed E-state index contributed by atoms with van der Waals surface area (Å²) in [5.74, 6) is 0.528. The number of nitrogens with zero attached hydrogens (tertiary/aromatic N) is 1. The molecule has 1 unspecified atom stereocenters. The Balaban J connectivity index is 2.17. The van der Waals surface area contributed by atoms with Crippen molar-refractivity contribution in [1.82, 2.24) is 4.98 Å². The lowest BCUT2D eigenvalue weighted by Gasteiger charge is -2.15. The average Bonchev–Trinajstić information content (AvgIpc) is 2.32. The van der Waals surface area contributed by atoms with Crippen molar-refractivity contribution in [2.45, 2.75) is 13.0 Å². The van der Waals surface area contributed by atoms with E-state index in [2.05, 4.69) is 26.2 Å². The maximum atomic E-state index is 13.1. The van der Waals surface area contributed by atoms with E-state index in [-0.39, 0.29) is 11.9 Å². The molecule has 88 valence electrons. The van der Waals surface area contributed by atoms with Crippen molar-refractivity contribution in [2.24, 2.45) is 0 Å². The molecule has 1 atom stereocenters. The SMILES string of the molecule is CC(Nc1ncccc1Br)c1cccc(F)c1. The number of pyridine rings is 1. The minimum absolute atomic E-state index is 0.00287. The predicted molar refractivity (Wildman–Crippen MR) is 70.4 cm³/mol. The number of benzene rings is 1. The van der Waals surface area contributed by atoms with E-state index in [1.54, 1.807) is 12.3 Å². The molecule has 0 spiro atoms. The molecule has 0 aliphatic heterocycles. The van der Waals surface area contributed by atoms with Crippen molar-refractivity contribution in [2.75, 3.05) is 5.32 Å². The second kappa shape index (κ2) is 5.27. The molecule has 1 N–H and O–H groups in total. The van der Waals surface area contributed by atoms with Crippen LogP contribution in [-0.2, 0) is 0 Å². The maximum Gasteiger partial charge on any atom is 0.140 e. The van der Waals surface area contributed by atoms with Crippen LogP contribution < -0.4 is 5.32 Å². The van der Waals surface area contributed by atoms with Crippen LogP contribution in [0.5, 0.6) is 0 Å². The Morgan fingerprint density at radius 2 is 2.12 bits per heavy atom. The molecule has 1 heterocycles. The highest BCUT2D eigenvalue weighted by Gasteiger charge is 2.08. The minimum atomic E-state index is -0.226. The van der Waals surface area contributed by atoms with Gasteiger partial charge in [-0.1, -0.05) is 12.1 Å². The molecular weight excluding hydrogens is 283 g/mol. The fraction of sp³-hybridized carbons (Fsp3) is 0.154. The van der Waals surface area contributed by atoms with Crippen LogP contribution in [0.3, 0.4) is 0 Å². The van der Waals surface area contributed by atoms with E-state index in [1.807, 2.05) is 25.1 Å². The van der Waals surface area contributed by atoms with Gasteiger partial charge in [0.05, 0.1) is 10.5 Å². The molecule has 4 heteroatoms. The molecule has 1 aromatic heterocycles. The highest BCUT2D eigenvalue weighted by atomic mass is 79.9. The molecule has 0 fully saturated rings. The normalized spacial score (nSPS) is 12.2. The smallest absolute Gasteiger partial charge is 0.140 e. The number of hydrogen-bond acceptors (Lipinski definition) is 2. The van der Waals surface area contributed by atoms with Gasteiger partial charge in [0, 0.05) is 6.20 Å². The summed E-state index contributed by atoms with van der Waals surface area (Å²) in [5, 5.41) is 3.23. The average molecular weight is 295 g/mol. The highest BCUT2D eigenvalue weighted by Crippen LogP contribution is 2.24. The number of hydrogen-bond donors (Lipinski definition) is 1. The maximum absolute atomic E-state index is 13.1. The van der Waals surface area contributed by atoms with Crippen LogP contribution in [0, 0.1) is 5.82 Å². The van der Waals surface area contributed by atoms with E-state index in [0.717, 1.165) is 15.9 Å². The van der Waals surface area contributed by atoms with Gasteiger partial charge in [-0.3, -0.25) is 0 Å². The van der Waals surface area contributed by atoms with Crippen LogP contribution in [0.4, 0.5) is 10.2 Å². The molecule has 0 radical (unpaired) electrons. The van der Waals surface area contributed by atoms with Crippen molar-refractivity contribution in [3.63, 3.8) is 0 Å². The first-order valence-corrected chi connectivity index (χ1v) is 6.08. The lowest BCUT2D eigenvalue weighted by Crippen LogP contribution is -2.08. The van der Waals surface area contributed by atoms with E-state index in [0.29, 0.717) is 0 Å². The third kappa shape index (κ3) is 3.03. The third-order valence-electron chi connectivity index (χ3n) is 2.46. The number of halogens is 2. The van der Waals surface area contributed by atoms with Crippen LogP contribution in [0.2, 0.25) is 0 Å². The number of nitrogens with one attached hydrogen (secondary N) is 1. The summed E-state index contributed by atoms with van der Waals surface area (Å²) in [6.45, 7) is 1.97. The number of aromatic nitrogens is 1. The van der Waals surface area contributed by atoms with Gasteiger partial charge in [-0.25, -0.2) is 9.37 Å². The van der Waals surface area contributed by atoms with Crippen LogP contribution in [0.25, 0.3) is 0 Å². The lowest BCUT2D eigenvalue weighted by molar-refractivity contribution is 0.623. The van der Waals surface area contributed by atoms with Gasteiger partial charge in [0.25, 0.3) is 0 Å². The zero-order valence-electron chi connectivity index (χ0n) is 9.32. The molecule has 2 aromatic rings. The van der Waals surface area contributed by atoms with E-state index in [9.17, 15) is 4.39 Å². The van der Waals surface area contributed by atoms with E-state index in [1.165, 1.54) is 12.1 Å². The van der Waals surface area contributed by atoms with Gasteiger partial charge < -0.3 is 5.32 Å². The number of anilines is 1. The second-order valence-electron chi connectivity index (χ2n) is 3.75. The molecule has 0 amide bonds. The van der Waals surface area contributed by atoms with Crippen molar-refractivity contribution in [3.8, 4) is 0 Å². The molecule has 2 rings (SSSR count). The lowest BCUT2D eigenvalue weighted by atomic mass is 10.1. The first-order chi connectivity index (χ1) is 8.16. The zero-order chi connectivity index (χ0) is 12.3. The fourth-order valence-corrected chi connectivity index (χ4v) is 1.93. The van der Waals surface area contributed by atoms with Gasteiger partial charge in [-0.15, -0.1) is 0 Å². The summed E-state index contributed by atoms with van der Waals surface area (Å²) < 4.78 is 14.0. The topological polar surface area (TPSA) is 24.9 Å². The fourth-order valence-electron chi connectivity index (χ4n) is 1.56. The van der Waals surface area contributed by atoms with Crippen molar-refractivity contribution < 1.29 is 4.39 Å². The number of rotatable bonds is 3. The summed E-state index contributed by atoms with van der Waals surface area (Å²) in [6, 6.07) is 10.3. The molecule has 0 bridgehead atoms. The second-order valence-corrected chi connectivity index (χ2v) is 4.61. The molecule has 0 saturated carbocycles. The first-order valence-electron chi connectivity index (χ1n) is 5.29. The largest absolute Gasteiger partial charge is 0.363 e. The first kappa shape index (κ1) is 12.0. The quantitative estimate of drug-likeness (QED) is 0.919. The Hall–Kier alpha value is -1.42. The Kier molecular flexibility index (Phi) is 3.74. The van der Waals surface area contributed by atoms with Crippen molar-refractivity contribution >= 4 is 21.7 Å². The van der Waals surface area contributed by atoms with Gasteiger partial charge in [0.15, 0.2) is 0 Å². The predicted octanol–water partition coefficient (Wildman–Crippen LogP) is 4.16. The minimum Gasteiger partial charge on any atom is -0.363 e. The highest BCUT2D eigenvalue weighted by molar-refractivity contribution is 9.10. The van der Waals surface area contributed by atoms with Gasteiger partial charge in [0.2, 0.25) is 0 Å². The molecule has 1 aromatic carbocycles. The summed E-state index contributed by atoms with van der Waals surface area (Å²) in [5.41, 5.74) is 0.891. The van der Waals surface area contributed by atoms with Crippen LogP contribution in [0.15, 0.2) is 47.1 Å². The monoisotopic (exact) mass is 294 g/mol. The molecule has 2 nitrogen and oxygen atoms in total. The van der Waals surface area contributed by atoms with Gasteiger partial charge >= 0.3 is 0 Å². The molecule has 0 aliphatic carbocycles. The third-order valence-corrected chi connectivity index (χ3v) is 3.10. The Labute approximate surface area is 108 Å². The van der Waals surface area contributed by atoms with Crippen LogP contribution >= 0.6 is 15.9 Å². The zero-order valence-corrected chi connectivity index (χ0v) is 10.9. The molecular formula is C13H12BrFN2. The summed E-state index contributed by atoms with van der Waals surface area (Å²) in [6.07, 6.45) is 1.71. The van der Waals surface area contributed by atoms with Crippen molar-refractivity contribution in [1.29, 1.82) is 0 Å². The standard InChI is InChI=1S/C13H12BrFN2/c1-9(10-4-2-5-11(15)8-10)17-13-12(14)6-3-7-16-13/h2-9H,1H3,(H,16,17). The van der Waals surface area contributed by atoms with E-state index in [4.69, 9.17) is 0 Å². The Morgan fingerprint density at radius 3 is 2.82 bits per heavy atom. The van der Waals surface area contributed by atoms with Crippen molar-refractivity contribution in [3.05, 3.63) is 58.4 Å². The van der Waals surface area contributed by atoms with E-state index < -0.39 is 0 Å². The van der Waals surface area contributed by atoms with Gasteiger partial charge in [-0.2, -0.15) is 0 Å². The molecule has 0 aliphatic rings. The Bertz CT molecular complexity index is 516. The van der Waals surface area contributed by atoms with Gasteiger partial charge in [0.1, 0.15) is 11.6 Å². The Morgan fingerprint density at radius 1 is 1.29 bits per heavy atom. The van der Waals surface area contributed by atoms with Gasteiger partial charge in [-0.05, 0) is 52.7 Å². The summed E-state index contributed by atoms with van der Waals surface area (Å²) >= 11 is 3.41. The van der Waals surface area contributed by atoms with E-state index >= 15 is 0 Å². The summed E-state index contributed by atoms with van der Waals surface area (Å²) in [4.78, 5) is 4.21.